The zero-order valence-corrected chi connectivity index (χ0v) is 12.9. The summed E-state index contributed by atoms with van der Waals surface area (Å²) < 4.78 is 25.9. The molecule has 1 heterocycles. The Morgan fingerprint density at radius 2 is 1.45 bits per heavy atom. The van der Waals surface area contributed by atoms with E-state index in [0.717, 1.165) is 17.2 Å². The maximum atomic E-state index is 12.3. The fourth-order valence-corrected chi connectivity index (χ4v) is 3.40. The highest BCUT2D eigenvalue weighted by Crippen LogP contribution is 2.17. The summed E-state index contributed by atoms with van der Waals surface area (Å²) in [7, 11) is -3.44. The standard InChI is InChI=1S/C18H17NO2S/c20-22(21,13-7-6-10-16-8-2-1-3-9-16)19-14-17-11-4-5-12-18(17)15-19/h1-5,7-9,11-15H,6,10H2. The predicted octanol–water partition coefficient (Wildman–Crippen LogP) is 3.97. The molecule has 0 aliphatic rings. The monoisotopic (exact) mass is 311 g/mol. The first-order valence-corrected chi connectivity index (χ1v) is 8.68. The number of hydrogen-bond acceptors (Lipinski definition) is 2. The van der Waals surface area contributed by atoms with Crippen LogP contribution in [0.2, 0.25) is 0 Å². The number of aryl methyl sites for hydroxylation is 1. The average Bonchev–Trinajstić information content (AvgIpc) is 2.98. The molecule has 0 bridgehead atoms. The summed E-state index contributed by atoms with van der Waals surface area (Å²) in [6, 6.07) is 17.6. The van der Waals surface area contributed by atoms with E-state index in [4.69, 9.17) is 0 Å². The van der Waals surface area contributed by atoms with Gasteiger partial charge in [-0.2, -0.15) is 0 Å². The van der Waals surface area contributed by atoms with Crippen LogP contribution in [0.15, 0.2) is 78.5 Å². The van der Waals surface area contributed by atoms with Gasteiger partial charge in [-0.3, -0.25) is 0 Å². The number of fused-ring (bicyclic) bond motifs is 1. The predicted molar refractivity (Wildman–Crippen MR) is 90.2 cm³/mol. The quantitative estimate of drug-likeness (QED) is 0.715. The van der Waals surface area contributed by atoms with Crippen LogP contribution in [0.25, 0.3) is 10.8 Å². The van der Waals surface area contributed by atoms with Gasteiger partial charge in [0.1, 0.15) is 0 Å². The number of aromatic nitrogens is 1. The molecule has 0 unspecified atom stereocenters. The lowest BCUT2D eigenvalue weighted by atomic mass is 10.1. The van der Waals surface area contributed by atoms with Gasteiger partial charge in [-0.1, -0.05) is 60.7 Å². The van der Waals surface area contributed by atoms with Crippen molar-refractivity contribution in [1.82, 2.24) is 3.97 Å². The van der Waals surface area contributed by atoms with Crippen molar-refractivity contribution in [2.45, 2.75) is 12.8 Å². The van der Waals surface area contributed by atoms with Crippen LogP contribution < -0.4 is 0 Å². The van der Waals surface area contributed by atoms with E-state index >= 15 is 0 Å². The number of hydrogen-bond donors (Lipinski definition) is 0. The third-order valence-electron chi connectivity index (χ3n) is 3.53. The molecule has 0 saturated carbocycles. The summed E-state index contributed by atoms with van der Waals surface area (Å²) in [6.45, 7) is 0. The van der Waals surface area contributed by atoms with Gasteiger partial charge >= 0.3 is 0 Å². The van der Waals surface area contributed by atoms with E-state index in [-0.39, 0.29) is 0 Å². The Hall–Kier alpha value is -2.33. The van der Waals surface area contributed by atoms with Crippen LogP contribution in [0.4, 0.5) is 0 Å². The van der Waals surface area contributed by atoms with E-state index in [1.54, 1.807) is 18.5 Å². The molecule has 2 aromatic carbocycles. The fourth-order valence-electron chi connectivity index (χ4n) is 2.36. The van der Waals surface area contributed by atoms with Crippen molar-refractivity contribution in [2.24, 2.45) is 0 Å². The minimum absolute atomic E-state index is 0.698. The van der Waals surface area contributed by atoms with Gasteiger partial charge in [-0.15, -0.1) is 0 Å². The summed E-state index contributed by atoms with van der Waals surface area (Å²) >= 11 is 0. The zero-order chi connectivity index (χ0) is 15.4. The first kappa shape index (κ1) is 14.6. The van der Waals surface area contributed by atoms with E-state index in [1.165, 1.54) is 14.9 Å². The van der Waals surface area contributed by atoms with Crippen LogP contribution in [-0.2, 0) is 16.4 Å². The van der Waals surface area contributed by atoms with Crippen molar-refractivity contribution in [3.63, 3.8) is 0 Å². The highest BCUT2D eigenvalue weighted by atomic mass is 32.2. The Labute approximate surface area is 130 Å². The highest BCUT2D eigenvalue weighted by molar-refractivity contribution is 7.92. The molecular weight excluding hydrogens is 294 g/mol. The minimum Gasteiger partial charge on any atom is -0.248 e. The minimum atomic E-state index is -3.44. The van der Waals surface area contributed by atoms with Crippen LogP contribution in [0.5, 0.6) is 0 Å². The Balaban J connectivity index is 1.71. The van der Waals surface area contributed by atoms with Gasteiger partial charge in [0.15, 0.2) is 0 Å². The van der Waals surface area contributed by atoms with Gasteiger partial charge in [0.2, 0.25) is 0 Å². The molecular formula is C18H17NO2S. The lowest BCUT2D eigenvalue weighted by Gasteiger charge is -2.00. The molecule has 3 nitrogen and oxygen atoms in total. The van der Waals surface area contributed by atoms with Gasteiger partial charge in [0.05, 0.1) is 0 Å². The van der Waals surface area contributed by atoms with Crippen molar-refractivity contribution in [2.75, 3.05) is 0 Å². The third-order valence-corrected chi connectivity index (χ3v) is 4.87. The number of benzene rings is 2. The van der Waals surface area contributed by atoms with E-state index in [2.05, 4.69) is 0 Å². The lowest BCUT2D eigenvalue weighted by molar-refractivity contribution is 0.596. The topological polar surface area (TPSA) is 39.1 Å². The van der Waals surface area contributed by atoms with Gasteiger partial charge in [-0.05, 0) is 18.4 Å². The summed E-state index contributed by atoms with van der Waals surface area (Å²) in [5, 5.41) is 3.13. The zero-order valence-electron chi connectivity index (χ0n) is 12.1. The molecule has 0 aliphatic carbocycles. The average molecular weight is 311 g/mol. The summed E-state index contributed by atoms with van der Waals surface area (Å²) in [5.41, 5.74) is 1.20. The Morgan fingerprint density at radius 3 is 2.09 bits per heavy atom. The van der Waals surface area contributed by atoms with Gasteiger partial charge in [0, 0.05) is 28.6 Å². The van der Waals surface area contributed by atoms with E-state index in [9.17, 15) is 8.42 Å². The molecule has 4 heteroatoms. The summed E-state index contributed by atoms with van der Waals surface area (Å²) in [5.74, 6) is 0. The SMILES string of the molecule is O=S(=O)(C=CCCc1ccccc1)n1cc2ccccc2c1. The number of allylic oxidation sites excluding steroid dienone is 1. The molecule has 0 aliphatic heterocycles. The molecule has 0 saturated heterocycles. The molecule has 22 heavy (non-hydrogen) atoms. The summed E-state index contributed by atoms with van der Waals surface area (Å²) in [6.07, 6.45) is 6.54. The van der Waals surface area contributed by atoms with Gasteiger partial charge in [0.25, 0.3) is 10.0 Å². The van der Waals surface area contributed by atoms with Crippen LogP contribution >= 0.6 is 0 Å². The lowest BCUT2D eigenvalue weighted by Crippen LogP contribution is -2.06. The maximum absolute atomic E-state index is 12.3. The van der Waals surface area contributed by atoms with Crippen LogP contribution in [0.1, 0.15) is 12.0 Å². The normalized spacial score (nSPS) is 12.2. The molecule has 3 aromatic rings. The molecule has 0 atom stereocenters. The van der Waals surface area contributed by atoms with E-state index in [0.29, 0.717) is 6.42 Å². The van der Waals surface area contributed by atoms with E-state index in [1.807, 2.05) is 54.6 Å². The maximum Gasteiger partial charge on any atom is 0.260 e. The molecule has 112 valence electrons. The van der Waals surface area contributed by atoms with Gasteiger partial charge < -0.3 is 0 Å². The molecule has 0 amide bonds. The van der Waals surface area contributed by atoms with Gasteiger partial charge in [-0.25, -0.2) is 12.4 Å². The second-order valence-electron chi connectivity index (χ2n) is 5.16. The second kappa shape index (κ2) is 6.20. The van der Waals surface area contributed by atoms with Crippen LogP contribution in [0, 0.1) is 0 Å². The molecule has 0 fully saturated rings. The number of rotatable bonds is 5. The molecule has 0 radical (unpaired) electrons. The first-order chi connectivity index (χ1) is 10.6. The Kier molecular flexibility index (Phi) is 4.11. The Morgan fingerprint density at radius 1 is 0.864 bits per heavy atom. The van der Waals surface area contributed by atoms with Crippen molar-refractivity contribution in [3.8, 4) is 0 Å². The van der Waals surface area contributed by atoms with E-state index < -0.39 is 10.0 Å². The number of nitrogens with zero attached hydrogens (tertiary/aromatic N) is 1. The second-order valence-corrected chi connectivity index (χ2v) is 6.88. The Bertz CT molecular complexity index is 860. The van der Waals surface area contributed by atoms with Crippen LogP contribution in [-0.4, -0.2) is 12.4 Å². The highest BCUT2D eigenvalue weighted by Gasteiger charge is 2.09. The van der Waals surface area contributed by atoms with Crippen LogP contribution in [0.3, 0.4) is 0 Å². The largest absolute Gasteiger partial charge is 0.260 e. The summed E-state index contributed by atoms with van der Waals surface area (Å²) in [4.78, 5) is 0. The van der Waals surface area contributed by atoms with Crippen molar-refractivity contribution in [1.29, 1.82) is 0 Å². The van der Waals surface area contributed by atoms with Crippen molar-refractivity contribution >= 4 is 20.8 Å². The smallest absolute Gasteiger partial charge is 0.248 e. The fraction of sp³-hybridized carbons (Fsp3) is 0.111. The molecule has 1 aromatic heterocycles. The van der Waals surface area contributed by atoms with Crippen molar-refractivity contribution < 1.29 is 8.42 Å². The molecule has 0 N–H and O–H groups in total. The molecule has 3 rings (SSSR count). The third kappa shape index (κ3) is 3.28. The molecule has 0 spiro atoms. The first-order valence-electron chi connectivity index (χ1n) is 7.18. The van der Waals surface area contributed by atoms with Crippen molar-refractivity contribution in [3.05, 3.63) is 84.0 Å².